The van der Waals surface area contributed by atoms with Crippen molar-refractivity contribution in [3.63, 3.8) is 0 Å². The Balaban J connectivity index is 1.82. The number of rotatable bonds is 3. The summed E-state index contributed by atoms with van der Waals surface area (Å²) in [7, 11) is 0. The largest absolute Gasteiger partial charge is 0.364 e. The van der Waals surface area contributed by atoms with Gasteiger partial charge in [-0.05, 0) is 44.4 Å². The van der Waals surface area contributed by atoms with Crippen LogP contribution >= 0.6 is 0 Å². The highest BCUT2D eigenvalue weighted by molar-refractivity contribution is 6.00. The lowest BCUT2D eigenvalue weighted by Crippen LogP contribution is -2.34. The number of para-hydroxylation sites is 1. The first-order valence-electron chi connectivity index (χ1n) is 7.17. The standard InChI is InChI=1S/C17H20N2O/c1-12-10-15(13(2)18-12)17(20)11-19-9-5-7-14-6-3-4-8-16(14)19/h3-4,6,8,10,18H,5,7,9,11H2,1-2H3. The van der Waals surface area contributed by atoms with Crippen LogP contribution in [0.3, 0.4) is 0 Å². The number of anilines is 1. The van der Waals surface area contributed by atoms with Crippen LogP contribution in [0.2, 0.25) is 0 Å². The summed E-state index contributed by atoms with van der Waals surface area (Å²) in [5.74, 6) is 0.198. The van der Waals surface area contributed by atoms with Crippen LogP contribution < -0.4 is 4.90 Å². The van der Waals surface area contributed by atoms with Gasteiger partial charge in [0.15, 0.2) is 5.78 Å². The molecule has 1 aliphatic heterocycles. The second-order valence-electron chi connectivity index (χ2n) is 5.57. The summed E-state index contributed by atoms with van der Waals surface area (Å²) in [6.45, 7) is 5.38. The molecule has 0 spiro atoms. The van der Waals surface area contributed by atoms with Gasteiger partial charge >= 0.3 is 0 Å². The quantitative estimate of drug-likeness (QED) is 0.867. The molecule has 0 unspecified atom stereocenters. The minimum atomic E-state index is 0.198. The van der Waals surface area contributed by atoms with Crippen LogP contribution in [0.1, 0.15) is 33.7 Å². The molecule has 20 heavy (non-hydrogen) atoms. The fourth-order valence-corrected chi connectivity index (χ4v) is 3.05. The van der Waals surface area contributed by atoms with Crippen LogP contribution in [-0.2, 0) is 6.42 Å². The molecule has 0 aliphatic carbocycles. The fraction of sp³-hybridized carbons (Fsp3) is 0.353. The number of hydrogen-bond acceptors (Lipinski definition) is 2. The molecule has 1 N–H and O–H groups in total. The van der Waals surface area contributed by atoms with Crippen molar-refractivity contribution >= 4 is 11.5 Å². The molecule has 3 heteroatoms. The molecule has 3 rings (SSSR count). The molecule has 104 valence electrons. The van der Waals surface area contributed by atoms with Crippen molar-refractivity contribution < 1.29 is 4.79 Å². The molecule has 0 atom stereocenters. The zero-order valence-electron chi connectivity index (χ0n) is 12.1. The van der Waals surface area contributed by atoms with Gasteiger partial charge in [0.25, 0.3) is 0 Å². The van der Waals surface area contributed by atoms with Gasteiger partial charge < -0.3 is 9.88 Å². The van der Waals surface area contributed by atoms with Gasteiger partial charge in [0.05, 0.1) is 6.54 Å². The minimum Gasteiger partial charge on any atom is -0.364 e. The molecule has 0 bridgehead atoms. The van der Waals surface area contributed by atoms with E-state index >= 15 is 0 Å². The normalized spacial score (nSPS) is 14.2. The predicted octanol–water partition coefficient (Wildman–Crippen LogP) is 3.27. The summed E-state index contributed by atoms with van der Waals surface area (Å²) in [4.78, 5) is 17.9. The first-order chi connectivity index (χ1) is 9.65. The van der Waals surface area contributed by atoms with Gasteiger partial charge in [-0.15, -0.1) is 0 Å². The maximum atomic E-state index is 12.5. The molecule has 0 saturated heterocycles. The molecule has 3 nitrogen and oxygen atoms in total. The number of Topliss-reactive ketones (excluding diaryl/α,β-unsaturated/α-hetero) is 1. The summed E-state index contributed by atoms with van der Waals surface area (Å²) in [6, 6.07) is 10.4. The number of carbonyl (C=O) groups excluding carboxylic acids is 1. The Hall–Kier alpha value is -2.03. The van der Waals surface area contributed by atoms with E-state index in [4.69, 9.17) is 0 Å². The summed E-state index contributed by atoms with van der Waals surface area (Å²) in [6.07, 6.45) is 2.23. The van der Waals surface area contributed by atoms with Gasteiger partial charge in [0.1, 0.15) is 0 Å². The van der Waals surface area contributed by atoms with E-state index in [0.717, 1.165) is 36.3 Å². The first kappa shape index (κ1) is 13.0. The smallest absolute Gasteiger partial charge is 0.183 e. The average Bonchev–Trinajstić information content (AvgIpc) is 2.78. The monoisotopic (exact) mass is 268 g/mol. The Morgan fingerprint density at radius 2 is 2.10 bits per heavy atom. The first-order valence-corrected chi connectivity index (χ1v) is 7.17. The molecule has 2 aromatic rings. The van der Waals surface area contributed by atoms with Crippen LogP contribution in [0.4, 0.5) is 5.69 Å². The molecule has 1 aromatic heterocycles. The second kappa shape index (κ2) is 5.16. The molecular weight excluding hydrogens is 248 g/mol. The lowest BCUT2D eigenvalue weighted by molar-refractivity contribution is 0.0998. The van der Waals surface area contributed by atoms with Gasteiger partial charge in [0.2, 0.25) is 0 Å². The van der Waals surface area contributed by atoms with Gasteiger partial charge in [0, 0.05) is 29.2 Å². The van der Waals surface area contributed by atoms with Crippen LogP contribution in [0.15, 0.2) is 30.3 Å². The van der Waals surface area contributed by atoms with E-state index in [1.165, 1.54) is 11.3 Å². The summed E-state index contributed by atoms with van der Waals surface area (Å²) in [5.41, 5.74) is 5.42. The third-order valence-corrected chi connectivity index (χ3v) is 3.99. The van der Waals surface area contributed by atoms with Crippen molar-refractivity contribution in [1.29, 1.82) is 0 Å². The maximum Gasteiger partial charge on any atom is 0.183 e. The number of hydrogen-bond donors (Lipinski definition) is 1. The van der Waals surface area contributed by atoms with Crippen LogP contribution in [0.25, 0.3) is 0 Å². The third kappa shape index (κ3) is 2.36. The topological polar surface area (TPSA) is 36.1 Å². The fourth-order valence-electron chi connectivity index (χ4n) is 3.05. The number of benzene rings is 1. The molecule has 0 amide bonds. The van der Waals surface area contributed by atoms with Gasteiger partial charge in [-0.3, -0.25) is 4.79 Å². The van der Waals surface area contributed by atoms with E-state index in [-0.39, 0.29) is 5.78 Å². The van der Waals surface area contributed by atoms with Gasteiger partial charge in [-0.2, -0.15) is 0 Å². The predicted molar refractivity (Wildman–Crippen MR) is 81.6 cm³/mol. The molecule has 0 saturated carbocycles. The highest BCUT2D eigenvalue weighted by Gasteiger charge is 2.20. The summed E-state index contributed by atoms with van der Waals surface area (Å²) < 4.78 is 0. The number of ketones is 1. The number of H-pyrrole nitrogens is 1. The van der Waals surface area contributed by atoms with Crippen molar-refractivity contribution in [3.05, 3.63) is 52.8 Å². The number of nitrogens with zero attached hydrogens (tertiary/aromatic N) is 1. The van der Waals surface area contributed by atoms with E-state index in [1.807, 2.05) is 26.0 Å². The van der Waals surface area contributed by atoms with E-state index in [0.29, 0.717) is 6.54 Å². The van der Waals surface area contributed by atoms with Crippen molar-refractivity contribution in [1.82, 2.24) is 4.98 Å². The van der Waals surface area contributed by atoms with Crippen LogP contribution in [0, 0.1) is 13.8 Å². The number of nitrogens with one attached hydrogen (secondary N) is 1. The van der Waals surface area contributed by atoms with Gasteiger partial charge in [-0.1, -0.05) is 18.2 Å². The molecule has 0 fully saturated rings. The lowest BCUT2D eigenvalue weighted by Gasteiger charge is -2.30. The second-order valence-corrected chi connectivity index (χ2v) is 5.57. The molecular formula is C17H20N2O. The molecule has 2 heterocycles. The number of aromatic nitrogens is 1. The molecule has 0 radical (unpaired) electrons. The highest BCUT2D eigenvalue weighted by atomic mass is 16.1. The Morgan fingerprint density at radius 3 is 2.85 bits per heavy atom. The van der Waals surface area contributed by atoms with E-state index < -0.39 is 0 Å². The van der Waals surface area contributed by atoms with E-state index in [1.54, 1.807) is 0 Å². The Morgan fingerprint density at radius 1 is 1.30 bits per heavy atom. The number of aryl methyl sites for hydroxylation is 3. The number of aromatic amines is 1. The van der Waals surface area contributed by atoms with Crippen molar-refractivity contribution in [2.75, 3.05) is 18.0 Å². The van der Waals surface area contributed by atoms with Crippen molar-refractivity contribution in [2.45, 2.75) is 26.7 Å². The maximum absolute atomic E-state index is 12.5. The molecule has 1 aromatic carbocycles. The number of carbonyl (C=O) groups is 1. The van der Waals surface area contributed by atoms with Crippen molar-refractivity contribution in [3.8, 4) is 0 Å². The van der Waals surface area contributed by atoms with Crippen molar-refractivity contribution in [2.24, 2.45) is 0 Å². The number of fused-ring (bicyclic) bond motifs is 1. The van der Waals surface area contributed by atoms with Crippen LogP contribution in [0.5, 0.6) is 0 Å². The summed E-state index contributed by atoms with van der Waals surface area (Å²) >= 11 is 0. The zero-order valence-corrected chi connectivity index (χ0v) is 12.1. The SMILES string of the molecule is Cc1cc(C(=O)CN2CCCc3ccccc32)c(C)[nH]1. The van der Waals surface area contributed by atoms with E-state index in [2.05, 4.69) is 28.1 Å². The Labute approximate surface area is 119 Å². The van der Waals surface area contributed by atoms with E-state index in [9.17, 15) is 4.79 Å². The third-order valence-electron chi connectivity index (χ3n) is 3.99. The minimum absolute atomic E-state index is 0.198. The Kier molecular flexibility index (Phi) is 3.35. The highest BCUT2D eigenvalue weighted by Crippen LogP contribution is 2.26. The van der Waals surface area contributed by atoms with Gasteiger partial charge in [-0.25, -0.2) is 0 Å². The summed E-state index contributed by atoms with van der Waals surface area (Å²) in [5, 5.41) is 0. The zero-order chi connectivity index (χ0) is 14.1. The van der Waals surface area contributed by atoms with Crippen LogP contribution in [-0.4, -0.2) is 23.9 Å². The molecule has 1 aliphatic rings. The average molecular weight is 268 g/mol. The lowest BCUT2D eigenvalue weighted by atomic mass is 10.0. The Bertz CT molecular complexity index is 642.